The second-order valence-corrected chi connectivity index (χ2v) is 3.70. The third-order valence-electron chi connectivity index (χ3n) is 2.05. The van der Waals surface area contributed by atoms with Gasteiger partial charge in [0.25, 0.3) is 0 Å². The second-order valence-electron chi connectivity index (χ2n) is 2.90. The minimum Gasteiger partial charge on any atom is -0.478 e. The second kappa shape index (κ2) is 3.16. The van der Waals surface area contributed by atoms with Crippen molar-refractivity contribution in [2.45, 2.75) is 6.92 Å². The molecule has 1 aliphatic rings. The number of carboxylic acids is 1. The molecule has 14 heavy (non-hydrogen) atoms. The van der Waals surface area contributed by atoms with Crippen LogP contribution in [0.5, 0.6) is 11.5 Å². The van der Waals surface area contributed by atoms with Crippen molar-refractivity contribution in [3.63, 3.8) is 0 Å². The van der Waals surface area contributed by atoms with Crippen LogP contribution in [-0.4, -0.2) is 17.9 Å². The molecule has 0 saturated carbocycles. The van der Waals surface area contributed by atoms with Crippen molar-refractivity contribution in [1.29, 1.82) is 0 Å². The lowest BCUT2D eigenvalue weighted by Gasteiger charge is -2.06. The monoisotopic (exact) mass is 258 g/mol. The lowest BCUT2D eigenvalue weighted by molar-refractivity contribution is 0.0695. The predicted octanol–water partition coefficient (Wildman–Crippen LogP) is 2.18. The van der Waals surface area contributed by atoms with Crippen LogP contribution in [0.1, 0.15) is 15.9 Å². The molecule has 2 rings (SSSR count). The highest BCUT2D eigenvalue weighted by molar-refractivity contribution is 9.10. The molecule has 1 aromatic rings. The molecule has 1 heterocycles. The highest BCUT2D eigenvalue weighted by Crippen LogP contribution is 2.41. The van der Waals surface area contributed by atoms with Gasteiger partial charge in [-0.05, 0) is 28.9 Å². The lowest BCUT2D eigenvalue weighted by atomic mass is 10.1. The van der Waals surface area contributed by atoms with E-state index in [-0.39, 0.29) is 12.4 Å². The fourth-order valence-corrected chi connectivity index (χ4v) is 1.80. The van der Waals surface area contributed by atoms with Crippen molar-refractivity contribution in [3.8, 4) is 11.5 Å². The summed E-state index contributed by atoms with van der Waals surface area (Å²) in [6.07, 6.45) is 0. The maximum atomic E-state index is 10.8. The highest BCUT2D eigenvalue weighted by Gasteiger charge is 2.23. The minimum absolute atomic E-state index is 0.145. The van der Waals surface area contributed by atoms with E-state index in [1.807, 2.05) is 0 Å². The first-order valence-corrected chi connectivity index (χ1v) is 4.72. The largest absolute Gasteiger partial charge is 0.478 e. The number of hydrogen-bond acceptors (Lipinski definition) is 3. The third kappa shape index (κ3) is 1.24. The van der Waals surface area contributed by atoms with Crippen LogP contribution in [0.3, 0.4) is 0 Å². The molecule has 1 N–H and O–H groups in total. The van der Waals surface area contributed by atoms with Gasteiger partial charge in [0.2, 0.25) is 6.79 Å². The van der Waals surface area contributed by atoms with Crippen molar-refractivity contribution in [2.24, 2.45) is 0 Å². The Labute approximate surface area is 88.6 Å². The standard InChI is InChI=1S/C9H7BrO4/c1-4-7(10)5(9(11)12)2-6-8(4)14-3-13-6/h2H,3H2,1H3,(H,11,12). The number of carbonyl (C=O) groups is 1. The van der Waals surface area contributed by atoms with Gasteiger partial charge in [0.1, 0.15) is 0 Å². The van der Waals surface area contributed by atoms with Crippen LogP contribution in [0.2, 0.25) is 0 Å². The van der Waals surface area contributed by atoms with Gasteiger partial charge in [-0.3, -0.25) is 0 Å². The maximum absolute atomic E-state index is 10.8. The first-order chi connectivity index (χ1) is 6.61. The Morgan fingerprint density at radius 1 is 1.57 bits per heavy atom. The first-order valence-electron chi connectivity index (χ1n) is 3.93. The molecular weight excluding hydrogens is 252 g/mol. The summed E-state index contributed by atoms with van der Waals surface area (Å²) < 4.78 is 10.9. The predicted molar refractivity (Wildman–Crippen MR) is 52.0 cm³/mol. The Balaban J connectivity index is 2.67. The van der Waals surface area contributed by atoms with Gasteiger partial charge < -0.3 is 14.6 Å². The Hall–Kier alpha value is -1.23. The zero-order valence-electron chi connectivity index (χ0n) is 7.33. The summed E-state index contributed by atoms with van der Waals surface area (Å²) in [6, 6.07) is 1.46. The molecule has 0 unspecified atom stereocenters. The Bertz CT molecular complexity index is 414. The Kier molecular flexibility index (Phi) is 2.11. The van der Waals surface area contributed by atoms with E-state index in [2.05, 4.69) is 15.9 Å². The van der Waals surface area contributed by atoms with Crippen LogP contribution in [0.15, 0.2) is 10.5 Å². The molecule has 0 aromatic heterocycles. The number of rotatable bonds is 1. The summed E-state index contributed by atoms with van der Waals surface area (Å²) in [5, 5.41) is 8.89. The summed E-state index contributed by atoms with van der Waals surface area (Å²) in [4.78, 5) is 10.8. The molecule has 0 spiro atoms. The van der Waals surface area contributed by atoms with Crippen molar-refractivity contribution in [2.75, 3.05) is 6.79 Å². The highest BCUT2D eigenvalue weighted by atomic mass is 79.9. The van der Waals surface area contributed by atoms with Crippen LogP contribution < -0.4 is 9.47 Å². The third-order valence-corrected chi connectivity index (χ3v) is 3.08. The molecule has 0 amide bonds. The molecule has 5 heteroatoms. The quantitative estimate of drug-likeness (QED) is 0.839. The van der Waals surface area contributed by atoms with Crippen molar-refractivity contribution < 1.29 is 19.4 Å². The van der Waals surface area contributed by atoms with Crippen LogP contribution in [0.4, 0.5) is 0 Å². The van der Waals surface area contributed by atoms with Crippen molar-refractivity contribution in [3.05, 3.63) is 21.7 Å². The summed E-state index contributed by atoms with van der Waals surface area (Å²) in [5.74, 6) is 0.114. The summed E-state index contributed by atoms with van der Waals surface area (Å²) in [5.41, 5.74) is 0.934. The number of aromatic carboxylic acids is 1. The van der Waals surface area contributed by atoms with Gasteiger partial charge in [0.15, 0.2) is 11.5 Å². The van der Waals surface area contributed by atoms with Crippen molar-refractivity contribution in [1.82, 2.24) is 0 Å². The van der Waals surface area contributed by atoms with Gasteiger partial charge in [-0.15, -0.1) is 0 Å². The average molecular weight is 259 g/mol. The molecule has 0 saturated heterocycles. The Morgan fingerprint density at radius 2 is 2.29 bits per heavy atom. The molecule has 74 valence electrons. The van der Waals surface area contributed by atoms with Gasteiger partial charge in [-0.2, -0.15) is 0 Å². The van der Waals surface area contributed by atoms with Crippen LogP contribution >= 0.6 is 15.9 Å². The maximum Gasteiger partial charge on any atom is 0.336 e. The molecule has 1 aromatic carbocycles. The SMILES string of the molecule is Cc1c(Br)c(C(=O)O)cc2c1OCO2. The van der Waals surface area contributed by atoms with Crippen LogP contribution in [0, 0.1) is 6.92 Å². The van der Waals surface area contributed by atoms with Gasteiger partial charge >= 0.3 is 5.97 Å². The van der Waals surface area contributed by atoms with E-state index in [0.717, 1.165) is 5.56 Å². The van der Waals surface area contributed by atoms with Crippen LogP contribution in [-0.2, 0) is 0 Å². The zero-order chi connectivity index (χ0) is 10.3. The normalized spacial score (nSPS) is 13.0. The van der Waals surface area contributed by atoms with Gasteiger partial charge in [0, 0.05) is 10.0 Å². The number of carboxylic acid groups (broad SMARTS) is 1. The molecule has 1 aliphatic heterocycles. The van der Waals surface area contributed by atoms with Gasteiger partial charge in [0.05, 0.1) is 5.56 Å². The number of fused-ring (bicyclic) bond motifs is 1. The smallest absolute Gasteiger partial charge is 0.336 e. The summed E-state index contributed by atoms with van der Waals surface area (Å²) >= 11 is 3.22. The van der Waals surface area contributed by atoms with E-state index in [1.165, 1.54) is 6.07 Å². The topological polar surface area (TPSA) is 55.8 Å². The van der Waals surface area contributed by atoms with Gasteiger partial charge in [-0.1, -0.05) is 0 Å². The minimum atomic E-state index is -0.988. The zero-order valence-corrected chi connectivity index (χ0v) is 8.92. The van der Waals surface area contributed by atoms with E-state index in [4.69, 9.17) is 14.6 Å². The molecule has 0 atom stereocenters. The fourth-order valence-electron chi connectivity index (χ4n) is 1.34. The summed E-state index contributed by atoms with van der Waals surface area (Å²) in [6.45, 7) is 1.93. The molecule has 4 nitrogen and oxygen atoms in total. The average Bonchev–Trinajstić information content (AvgIpc) is 2.58. The number of halogens is 1. The van der Waals surface area contributed by atoms with E-state index in [0.29, 0.717) is 16.0 Å². The Morgan fingerprint density at radius 3 is 2.93 bits per heavy atom. The molecular formula is C9H7BrO4. The molecule has 0 radical (unpaired) electrons. The number of ether oxygens (including phenoxy) is 2. The lowest BCUT2D eigenvalue weighted by Crippen LogP contribution is -1.99. The van der Waals surface area contributed by atoms with E-state index in [1.54, 1.807) is 6.92 Å². The molecule has 0 aliphatic carbocycles. The summed E-state index contributed by atoms with van der Waals surface area (Å²) in [7, 11) is 0. The van der Waals surface area contributed by atoms with Crippen LogP contribution in [0.25, 0.3) is 0 Å². The van der Waals surface area contributed by atoms with E-state index in [9.17, 15) is 4.79 Å². The molecule has 0 bridgehead atoms. The van der Waals surface area contributed by atoms with Gasteiger partial charge in [-0.25, -0.2) is 4.79 Å². The molecule has 0 fully saturated rings. The number of benzene rings is 1. The van der Waals surface area contributed by atoms with E-state index >= 15 is 0 Å². The number of hydrogen-bond donors (Lipinski definition) is 1. The van der Waals surface area contributed by atoms with E-state index < -0.39 is 5.97 Å². The fraction of sp³-hybridized carbons (Fsp3) is 0.222. The van der Waals surface area contributed by atoms with Crippen molar-refractivity contribution >= 4 is 21.9 Å². The first kappa shape index (κ1) is 9.33.